The Labute approximate surface area is 137 Å². The molecule has 5 heteroatoms. The summed E-state index contributed by atoms with van der Waals surface area (Å²) in [5, 5.41) is 12.6. The average Bonchev–Trinajstić information content (AvgIpc) is 2.48. The average molecular weight is 366 g/mol. The van der Waals surface area contributed by atoms with Gasteiger partial charge in [-0.3, -0.25) is 0 Å². The molecule has 0 saturated heterocycles. The summed E-state index contributed by atoms with van der Waals surface area (Å²) < 4.78 is 6.37. The fraction of sp³-hybridized carbons (Fsp3) is 0.188. The molecule has 0 fully saturated rings. The van der Waals surface area contributed by atoms with Gasteiger partial charge in [0.2, 0.25) is 0 Å². The van der Waals surface area contributed by atoms with Crippen LogP contribution in [0.3, 0.4) is 0 Å². The van der Waals surface area contributed by atoms with Crippen LogP contribution < -0.4 is 10.1 Å². The van der Waals surface area contributed by atoms with Gasteiger partial charge < -0.3 is 10.1 Å². The van der Waals surface area contributed by atoms with Crippen molar-refractivity contribution in [3.63, 3.8) is 0 Å². The molecule has 0 saturated carbocycles. The summed E-state index contributed by atoms with van der Waals surface area (Å²) in [6, 6.07) is 13.5. The quantitative estimate of drug-likeness (QED) is 0.817. The van der Waals surface area contributed by atoms with Gasteiger partial charge >= 0.3 is 0 Å². The third kappa shape index (κ3) is 4.13. The number of anilines is 1. The van der Waals surface area contributed by atoms with Gasteiger partial charge in [0.15, 0.2) is 6.61 Å². The molecule has 1 N–H and O–H groups in total. The largest absolute Gasteiger partial charge is 0.478 e. The molecule has 0 amide bonds. The van der Waals surface area contributed by atoms with Gasteiger partial charge in [0.05, 0.1) is 5.69 Å². The van der Waals surface area contributed by atoms with E-state index in [1.54, 1.807) is 0 Å². The zero-order valence-electron chi connectivity index (χ0n) is 11.5. The molecule has 2 aromatic carbocycles. The van der Waals surface area contributed by atoms with Crippen LogP contribution in [-0.2, 0) is 6.54 Å². The monoisotopic (exact) mass is 364 g/mol. The highest BCUT2D eigenvalue weighted by Gasteiger charge is 2.06. The van der Waals surface area contributed by atoms with Crippen molar-refractivity contribution in [3.05, 3.63) is 57.0 Å². The number of hydrogen-bond donors (Lipinski definition) is 1. The Balaban J connectivity index is 2.13. The Hall–Kier alpha value is -1.70. The Morgan fingerprint density at radius 1 is 1.33 bits per heavy atom. The molecule has 108 valence electrons. The molecule has 0 aromatic heterocycles. The molecule has 2 aromatic rings. The fourth-order valence-corrected chi connectivity index (χ4v) is 2.63. The second-order valence-corrected chi connectivity index (χ2v) is 5.75. The summed E-state index contributed by atoms with van der Waals surface area (Å²) in [5.74, 6) is 0.709. The summed E-state index contributed by atoms with van der Waals surface area (Å²) in [5.41, 5.74) is 2.92. The van der Waals surface area contributed by atoms with E-state index in [1.165, 1.54) is 0 Å². The molecule has 0 aliphatic heterocycles. The maximum Gasteiger partial charge on any atom is 0.174 e. The second kappa shape index (κ2) is 7.35. The van der Waals surface area contributed by atoms with Crippen molar-refractivity contribution in [2.45, 2.75) is 13.5 Å². The minimum absolute atomic E-state index is 0.0388. The van der Waals surface area contributed by atoms with E-state index >= 15 is 0 Å². The van der Waals surface area contributed by atoms with Crippen LogP contribution in [0, 0.1) is 18.3 Å². The number of hydrogen-bond acceptors (Lipinski definition) is 3. The van der Waals surface area contributed by atoms with Crippen LogP contribution in [-0.4, -0.2) is 6.61 Å². The van der Waals surface area contributed by atoms with Gasteiger partial charge in [0, 0.05) is 21.6 Å². The Morgan fingerprint density at radius 3 is 2.86 bits per heavy atom. The van der Waals surface area contributed by atoms with Crippen LogP contribution in [0.5, 0.6) is 5.75 Å². The third-order valence-electron chi connectivity index (χ3n) is 2.98. The molecule has 0 spiro atoms. The molecule has 3 nitrogen and oxygen atoms in total. The van der Waals surface area contributed by atoms with Gasteiger partial charge in [-0.15, -0.1) is 0 Å². The highest BCUT2D eigenvalue weighted by Crippen LogP contribution is 2.30. The Morgan fingerprint density at radius 2 is 2.10 bits per heavy atom. The maximum absolute atomic E-state index is 8.61. The Kier molecular flexibility index (Phi) is 5.49. The van der Waals surface area contributed by atoms with E-state index in [9.17, 15) is 0 Å². The smallest absolute Gasteiger partial charge is 0.174 e. The SMILES string of the molecule is Cc1cc(Br)c(NCc2ccccc2OCC#N)cc1Cl. The van der Waals surface area contributed by atoms with E-state index in [4.69, 9.17) is 21.6 Å². The molecule has 2 rings (SSSR count). The van der Waals surface area contributed by atoms with Gasteiger partial charge in [0.1, 0.15) is 11.8 Å². The molecule has 0 unspecified atom stereocenters. The predicted molar refractivity (Wildman–Crippen MR) is 88.8 cm³/mol. The number of aryl methyl sites for hydroxylation is 1. The predicted octanol–water partition coefficient (Wildman–Crippen LogP) is 4.93. The number of nitrogens with one attached hydrogen (secondary N) is 1. The lowest BCUT2D eigenvalue weighted by molar-refractivity contribution is 0.364. The fourth-order valence-electron chi connectivity index (χ4n) is 1.87. The molecule has 0 heterocycles. The number of nitriles is 1. The van der Waals surface area contributed by atoms with Gasteiger partial charge in [-0.1, -0.05) is 29.8 Å². The molecule has 0 atom stereocenters. The molecule has 0 bridgehead atoms. The molecular weight excluding hydrogens is 352 g/mol. The number of para-hydroxylation sites is 1. The van der Waals surface area contributed by atoms with E-state index in [0.717, 1.165) is 26.3 Å². The summed E-state index contributed by atoms with van der Waals surface area (Å²) >= 11 is 9.67. The summed E-state index contributed by atoms with van der Waals surface area (Å²) in [6.07, 6.45) is 0. The minimum atomic E-state index is 0.0388. The highest BCUT2D eigenvalue weighted by atomic mass is 79.9. The highest BCUT2D eigenvalue weighted by molar-refractivity contribution is 9.10. The minimum Gasteiger partial charge on any atom is -0.478 e. The van der Waals surface area contributed by atoms with E-state index < -0.39 is 0 Å². The lowest BCUT2D eigenvalue weighted by Crippen LogP contribution is -2.04. The van der Waals surface area contributed by atoms with E-state index in [0.29, 0.717) is 12.3 Å². The van der Waals surface area contributed by atoms with Crippen LogP contribution in [0.2, 0.25) is 5.02 Å². The number of benzene rings is 2. The topological polar surface area (TPSA) is 45.0 Å². The number of halogens is 2. The molecular formula is C16H14BrClN2O. The zero-order valence-corrected chi connectivity index (χ0v) is 13.8. The second-order valence-electron chi connectivity index (χ2n) is 4.49. The molecule has 0 radical (unpaired) electrons. The van der Waals surface area contributed by atoms with Crippen molar-refractivity contribution in [1.29, 1.82) is 5.26 Å². The zero-order chi connectivity index (χ0) is 15.2. The van der Waals surface area contributed by atoms with Crippen molar-refractivity contribution in [1.82, 2.24) is 0 Å². The van der Waals surface area contributed by atoms with E-state index in [2.05, 4.69) is 21.2 Å². The van der Waals surface area contributed by atoms with E-state index in [-0.39, 0.29) is 6.61 Å². The number of rotatable bonds is 5. The summed E-state index contributed by atoms with van der Waals surface area (Å²) in [7, 11) is 0. The van der Waals surface area contributed by atoms with E-state index in [1.807, 2.05) is 49.4 Å². The normalized spacial score (nSPS) is 10.0. The van der Waals surface area contributed by atoms with Crippen molar-refractivity contribution < 1.29 is 4.74 Å². The summed E-state index contributed by atoms with van der Waals surface area (Å²) in [4.78, 5) is 0. The van der Waals surface area contributed by atoms with Crippen LogP contribution in [0.25, 0.3) is 0 Å². The first-order valence-electron chi connectivity index (χ1n) is 6.39. The Bertz CT molecular complexity index is 682. The lowest BCUT2D eigenvalue weighted by atomic mass is 10.2. The van der Waals surface area contributed by atoms with Crippen molar-refractivity contribution in [3.8, 4) is 11.8 Å². The van der Waals surface area contributed by atoms with Gasteiger partial charge in [-0.05, 0) is 46.6 Å². The molecule has 0 aliphatic rings. The number of nitrogens with zero attached hydrogens (tertiary/aromatic N) is 1. The van der Waals surface area contributed by atoms with Crippen LogP contribution in [0.15, 0.2) is 40.9 Å². The lowest BCUT2D eigenvalue weighted by Gasteiger charge is -2.13. The maximum atomic E-state index is 8.61. The number of ether oxygens (including phenoxy) is 1. The standard InChI is InChI=1S/C16H14BrClN2O/c1-11-8-13(17)15(9-14(11)18)20-10-12-4-2-3-5-16(12)21-7-6-19/h2-5,8-9,20H,7,10H2,1H3. The molecule has 0 aliphatic carbocycles. The van der Waals surface area contributed by atoms with Gasteiger partial charge in [0.25, 0.3) is 0 Å². The first-order valence-corrected chi connectivity index (χ1v) is 7.56. The first-order chi connectivity index (χ1) is 10.1. The van der Waals surface area contributed by atoms with Crippen LogP contribution in [0.4, 0.5) is 5.69 Å². The van der Waals surface area contributed by atoms with Crippen LogP contribution >= 0.6 is 27.5 Å². The van der Waals surface area contributed by atoms with Crippen molar-refractivity contribution >= 4 is 33.2 Å². The van der Waals surface area contributed by atoms with Crippen LogP contribution in [0.1, 0.15) is 11.1 Å². The third-order valence-corrected chi connectivity index (χ3v) is 4.05. The summed E-state index contributed by atoms with van der Waals surface area (Å²) in [6.45, 7) is 2.58. The van der Waals surface area contributed by atoms with Crippen molar-refractivity contribution in [2.75, 3.05) is 11.9 Å². The van der Waals surface area contributed by atoms with Crippen molar-refractivity contribution in [2.24, 2.45) is 0 Å². The first kappa shape index (κ1) is 15.7. The molecule has 21 heavy (non-hydrogen) atoms. The van der Waals surface area contributed by atoms with Gasteiger partial charge in [-0.25, -0.2) is 0 Å². The van der Waals surface area contributed by atoms with Gasteiger partial charge in [-0.2, -0.15) is 5.26 Å².